The zero-order chi connectivity index (χ0) is 14.5. The molecule has 0 aliphatic heterocycles. The maximum atomic E-state index is 12.2. The van der Waals surface area contributed by atoms with Crippen LogP contribution in [0, 0.1) is 0 Å². The van der Waals surface area contributed by atoms with Crippen LogP contribution in [-0.2, 0) is 0 Å². The molecule has 6 nitrogen and oxygen atoms in total. The van der Waals surface area contributed by atoms with Gasteiger partial charge in [0.25, 0.3) is 0 Å². The third kappa shape index (κ3) is 3.40. The summed E-state index contributed by atoms with van der Waals surface area (Å²) in [6.07, 6.45) is 0. The highest BCUT2D eigenvalue weighted by atomic mass is 32.2. The molecule has 2 rings (SSSR count). The van der Waals surface area contributed by atoms with Gasteiger partial charge in [-0.3, -0.25) is 4.79 Å². The summed E-state index contributed by atoms with van der Waals surface area (Å²) in [5.74, 6) is 1.33. The van der Waals surface area contributed by atoms with Crippen LogP contribution in [0.2, 0.25) is 0 Å². The number of hydrogen-bond donors (Lipinski definition) is 1. The van der Waals surface area contributed by atoms with Gasteiger partial charge in [-0.25, -0.2) is 0 Å². The van der Waals surface area contributed by atoms with E-state index < -0.39 is 0 Å². The summed E-state index contributed by atoms with van der Waals surface area (Å²) in [6, 6.07) is 5.10. The number of anilines is 1. The number of ketones is 1. The van der Waals surface area contributed by atoms with Crippen molar-refractivity contribution in [1.82, 2.24) is 10.2 Å². The first kappa shape index (κ1) is 14.6. The summed E-state index contributed by atoms with van der Waals surface area (Å²) in [4.78, 5) is 12.2. The molecule has 0 saturated carbocycles. The van der Waals surface area contributed by atoms with Crippen LogP contribution in [0.1, 0.15) is 10.4 Å². The Morgan fingerprint density at radius 1 is 1.35 bits per heavy atom. The largest absolute Gasteiger partial charge is 0.497 e. The summed E-state index contributed by atoms with van der Waals surface area (Å²) in [5, 5.41) is 7.94. The lowest BCUT2D eigenvalue weighted by Crippen LogP contribution is -2.05. The second-order valence-electron chi connectivity index (χ2n) is 3.68. The van der Waals surface area contributed by atoms with Gasteiger partial charge in [0.05, 0.1) is 25.5 Å². The number of aromatic nitrogens is 2. The zero-order valence-electron chi connectivity index (χ0n) is 11.0. The number of carbonyl (C=O) groups excluding carboxylic acids is 1. The van der Waals surface area contributed by atoms with Crippen LogP contribution in [0.4, 0.5) is 5.13 Å². The van der Waals surface area contributed by atoms with Crippen molar-refractivity contribution in [3.05, 3.63) is 23.8 Å². The fourth-order valence-electron chi connectivity index (χ4n) is 1.51. The summed E-state index contributed by atoms with van der Waals surface area (Å²) in [5.41, 5.74) is 6.00. The monoisotopic (exact) mass is 311 g/mol. The molecule has 0 unspecified atom stereocenters. The summed E-state index contributed by atoms with van der Waals surface area (Å²) in [7, 11) is 3.08. The number of methoxy groups -OCH3 is 2. The van der Waals surface area contributed by atoms with Crippen LogP contribution in [0.15, 0.2) is 22.5 Å². The number of thioether (sulfide) groups is 1. The van der Waals surface area contributed by atoms with E-state index in [0.29, 0.717) is 26.5 Å². The third-order valence-corrected chi connectivity index (χ3v) is 4.34. The number of Topliss-reactive ketones (excluding diaryl/α,β-unsaturated/α-hetero) is 1. The molecule has 0 atom stereocenters. The lowest BCUT2D eigenvalue weighted by Gasteiger charge is -2.08. The van der Waals surface area contributed by atoms with Gasteiger partial charge in [0.2, 0.25) is 5.13 Å². The Kier molecular flexibility index (Phi) is 4.80. The highest BCUT2D eigenvalue weighted by Gasteiger charge is 2.14. The predicted molar refractivity (Wildman–Crippen MR) is 78.9 cm³/mol. The summed E-state index contributed by atoms with van der Waals surface area (Å²) >= 11 is 2.56. The quantitative estimate of drug-likeness (QED) is 0.645. The minimum atomic E-state index is -0.0525. The number of benzene rings is 1. The van der Waals surface area contributed by atoms with Crippen LogP contribution in [-0.4, -0.2) is 36.0 Å². The molecule has 1 aromatic carbocycles. The zero-order valence-corrected chi connectivity index (χ0v) is 12.6. The van der Waals surface area contributed by atoms with Gasteiger partial charge >= 0.3 is 0 Å². The van der Waals surface area contributed by atoms with E-state index in [2.05, 4.69) is 10.2 Å². The highest BCUT2D eigenvalue weighted by Crippen LogP contribution is 2.28. The normalized spacial score (nSPS) is 10.3. The van der Waals surface area contributed by atoms with Gasteiger partial charge in [-0.2, -0.15) is 0 Å². The second kappa shape index (κ2) is 6.58. The molecule has 0 spiro atoms. The molecule has 0 radical (unpaired) electrons. The fourth-order valence-corrected chi connectivity index (χ4v) is 3.03. The molecule has 1 aromatic heterocycles. The van der Waals surface area contributed by atoms with Crippen molar-refractivity contribution in [3.63, 3.8) is 0 Å². The minimum Gasteiger partial charge on any atom is -0.497 e. The molecular weight excluding hydrogens is 298 g/mol. The Balaban J connectivity index is 2.08. The van der Waals surface area contributed by atoms with Gasteiger partial charge in [-0.05, 0) is 12.1 Å². The van der Waals surface area contributed by atoms with E-state index in [9.17, 15) is 4.79 Å². The van der Waals surface area contributed by atoms with Crippen LogP contribution < -0.4 is 15.2 Å². The Labute approximate surface area is 124 Å². The Bertz CT molecular complexity index is 616. The molecule has 0 bridgehead atoms. The van der Waals surface area contributed by atoms with Crippen LogP contribution in [0.25, 0.3) is 0 Å². The SMILES string of the molecule is COc1ccc(C(=O)CSc2nnc(N)s2)c(OC)c1. The van der Waals surface area contributed by atoms with Crippen molar-refractivity contribution in [2.45, 2.75) is 4.34 Å². The van der Waals surface area contributed by atoms with E-state index in [4.69, 9.17) is 15.2 Å². The second-order valence-corrected chi connectivity index (χ2v) is 5.92. The van der Waals surface area contributed by atoms with Gasteiger partial charge in [0.15, 0.2) is 10.1 Å². The molecule has 0 amide bonds. The van der Waals surface area contributed by atoms with Crippen molar-refractivity contribution in [2.75, 3.05) is 25.7 Å². The molecule has 1 heterocycles. The molecule has 2 aromatic rings. The van der Waals surface area contributed by atoms with Crippen LogP contribution >= 0.6 is 23.1 Å². The molecule has 2 N–H and O–H groups in total. The third-order valence-electron chi connectivity index (χ3n) is 2.46. The molecule has 8 heteroatoms. The van der Waals surface area contributed by atoms with Crippen molar-refractivity contribution in [3.8, 4) is 11.5 Å². The van der Waals surface area contributed by atoms with E-state index in [1.807, 2.05) is 0 Å². The standard InChI is InChI=1S/C12H13N3O3S2/c1-17-7-3-4-8(10(5-7)18-2)9(16)6-19-12-15-14-11(13)20-12/h3-5H,6H2,1-2H3,(H2,13,14). The Hall–Kier alpha value is -1.80. The Morgan fingerprint density at radius 2 is 2.15 bits per heavy atom. The van der Waals surface area contributed by atoms with Gasteiger partial charge in [0, 0.05) is 6.07 Å². The maximum Gasteiger partial charge on any atom is 0.203 e. The van der Waals surface area contributed by atoms with Crippen LogP contribution in [0.5, 0.6) is 11.5 Å². The average molecular weight is 311 g/mol. The van der Waals surface area contributed by atoms with E-state index in [-0.39, 0.29) is 11.5 Å². The number of nitrogen functional groups attached to an aromatic ring is 1. The van der Waals surface area contributed by atoms with Crippen molar-refractivity contribution in [1.29, 1.82) is 0 Å². The predicted octanol–water partition coefficient (Wildman–Crippen LogP) is 2.11. The van der Waals surface area contributed by atoms with Crippen molar-refractivity contribution in [2.24, 2.45) is 0 Å². The lowest BCUT2D eigenvalue weighted by atomic mass is 10.1. The molecule has 20 heavy (non-hydrogen) atoms. The average Bonchev–Trinajstić information content (AvgIpc) is 2.89. The van der Waals surface area contributed by atoms with E-state index in [1.54, 1.807) is 25.3 Å². The number of rotatable bonds is 6. The minimum absolute atomic E-state index is 0.0525. The molecule has 0 aliphatic rings. The number of nitrogens with two attached hydrogens (primary N) is 1. The van der Waals surface area contributed by atoms with E-state index in [1.165, 1.54) is 30.2 Å². The highest BCUT2D eigenvalue weighted by molar-refractivity contribution is 8.01. The first-order valence-corrected chi connectivity index (χ1v) is 7.41. The molecule has 0 aliphatic carbocycles. The number of hydrogen-bond acceptors (Lipinski definition) is 8. The first-order valence-electron chi connectivity index (χ1n) is 5.61. The number of nitrogens with zero attached hydrogens (tertiary/aromatic N) is 2. The van der Waals surface area contributed by atoms with Crippen molar-refractivity contribution >= 4 is 34.0 Å². The molecule has 0 fully saturated rings. The number of ether oxygens (including phenoxy) is 2. The smallest absolute Gasteiger partial charge is 0.203 e. The van der Waals surface area contributed by atoms with Gasteiger partial charge < -0.3 is 15.2 Å². The van der Waals surface area contributed by atoms with Gasteiger partial charge in [0.1, 0.15) is 11.5 Å². The topological polar surface area (TPSA) is 87.3 Å². The lowest BCUT2D eigenvalue weighted by molar-refractivity contribution is 0.101. The maximum absolute atomic E-state index is 12.2. The van der Waals surface area contributed by atoms with Gasteiger partial charge in [-0.1, -0.05) is 23.1 Å². The fraction of sp³-hybridized carbons (Fsp3) is 0.250. The Morgan fingerprint density at radius 3 is 2.75 bits per heavy atom. The summed E-state index contributed by atoms with van der Waals surface area (Å²) in [6.45, 7) is 0. The van der Waals surface area contributed by atoms with E-state index in [0.717, 1.165) is 0 Å². The molecule has 0 saturated heterocycles. The first-order chi connectivity index (χ1) is 9.63. The van der Waals surface area contributed by atoms with Gasteiger partial charge in [-0.15, -0.1) is 10.2 Å². The summed E-state index contributed by atoms with van der Waals surface area (Å²) < 4.78 is 11.0. The number of carbonyl (C=O) groups is 1. The molecule has 106 valence electrons. The van der Waals surface area contributed by atoms with E-state index >= 15 is 0 Å². The molecular formula is C12H13N3O3S2. The van der Waals surface area contributed by atoms with Crippen LogP contribution in [0.3, 0.4) is 0 Å². The van der Waals surface area contributed by atoms with Crippen molar-refractivity contribution < 1.29 is 14.3 Å².